The van der Waals surface area contributed by atoms with Crippen molar-refractivity contribution >= 4 is 23.1 Å². The van der Waals surface area contributed by atoms with Crippen LogP contribution in [0.5, 0.6) is 0 Å². The standard InChI is InChI=1S/C8H8F.BrH.Mg/c1-6-3-7(2)5-8(9)4-6;;/h4-5H,1-2H3;1H;/q-1;;+2/p-1. The zero-order valence-electron chi connectivity index (χ0n) is 6.62. The van der Waals surface area contributed by atoms with Gasteiger partial charge in [0.15, 0.2) is 0 Å². The second kappa shape index (κ2) is 5.97. The van der Waals surface area contributed by atoms with Crippen LogP contribution in [0.25, 0.3) is 0 Å². The Labute approximate surface area is 93.1 Å². The molecule has 0 radical (unpaired) electrons. The summed E-state index contributed by atoms with van der Waals surface area (Å²) < 4.78 is 12.4. The maximum absolute atomic E-state index is 12.4. The molecule has 0 spiro atoms. The van der Waals surface area contributed by atoms with Crippen LogP contribution in [0.4, 0.5) is 4.39 Å². The summed E-state index contributed by atoms with van der Waals surface area (Å²) in [5.41, 5.74) is 1.71. The molecule has 0 amide bonds. The molecule has 3 heteroatoms. The van der Waals surface area contributed by atoms with Crippen molar-refractivity contribution in [3.8, 4) is 0 Å². The fraction of sp³-hybridized carbons (Fsp3) is 0.250. The number of halogens is 2. The van der Waals surface area contributed by atoms with Crippen LogP contribution in [0.1, 0.15) is 11.1 Å². The predicted molar refractivity (Wildman–Crippen MR) is 40.5 cm³/mol. The zero-order valence-corrected chi connectivity index (χ0v) is 9.62. The Morgan fingerprint density at radius 2 is 1.55 bits per heavy atom. The van der Waals surface area contributed by atoms with Gasteiger partial charge in [-0.25, -0.2) is 4.39 Å². The van der Waals surface area contributed by atoms with Crippen LogP contribution in [0, 0.1) is 25.7 Å². The SMILES string of the molecule is Cc1[c-]c(C)cc(F)c1.[Br-].[Mg+2]. The first kappa shape index (κ1) is 14.0. The van der Waals surface area contributed by atoms with Gasteiger partial charge in [-0.2, -0.15) is 17.2 Å². The summed E-state index contributed by atoms with van der Waals surface area (Å²) in [5, 5.41) is 0. The third-order valence-electron chi connectivity index (χ3n) is 1.10. The second-order valence-electron chi connectivity index (χ2n) is 2.16. The summed E-state index contributed by atoms with van der Waals surface area (Å²) in [6.45, 7) is 3.66. The molecule has 11 heavy (non-hydrogen) atoms. The topological polar surface area (TPSA) is 0 Å². The molecular weight excluding hydrogens is 219 g/mol. The molecule has 0 nitrogen and oxygen atoms in total. The third-order valence-corrected chi connectivity index (χ3v) is 1.10. The molecule has 1 aromatic carbocycles. The molecule has 0 aromatic heterocycles. The van der Waals surface area contributed by atoms with Gasteiger partial charge in [-0.05, 0) is 0 Å². The molecule has 1 rings (SSSR count). The van der Waals surface area contributed by atoms with Crippen molar-refractivity contribution in [3.05, 3.63) is 35.1 Å². The quantitative estimate of drug-likeness (QED) is 0.388. The van der Waals surface area contributed by atoms with Crippen LogP contribution >= 0.6 is 0 Å². The number of hydrogen-bond acceptors (Lipinski definition) is 0. The Balaban J connectivity index is 0. The normalized spacial score (nSPS) is 7.91. The van der Waals surface area contributed by atoms with Gasteiger partial charge in [-0.3, -0.25) is 0 Å². The first-order valence-corrected chi connectivity index (χ1v) is 2.84. The minimum Gasteiger partial charge on any atom is -1.00 e. The number of rotatable bonds is 0. The van der Waals surface area contributed by atoms with Gasteiger partial charge < -0.3 is 17.0 Å². The number of hydrogen-bond donors (Lipinski definition) is 0. The van der Waals surface area contributed by atoms with Crippen molar-refractivity contribution < 1.29 is 21.4 Å². The summed E-state index contributed by atoms with van der Waals surface area (Å²) in [6, 6.07) is 5.90. The summed E-state index contributed by atoms with van der Waals surface area (Å²) >= 11 is 0. The van der Waals surface area contributed by atoms with E-state index in [1.165, 1.54) is 12.1 Å². The van der Waals surface area contributed by atoms with Gasteiger partial charge in [-0.15, -0.1) is 12.1 Å². The van der Waals surface area contributed by atoms with E-state index in [9.17, 15) is 4.39 Å². The zero-order chi connectivity index (χ0) is 6.85. The Morgan fingerprint density at radius 3 is 1.82 bits per heavy atom. The smallest absolute Gasteiger partial charge is 1.00 e. The minimum atomic E-state index is -0.177. The Kier molecular flexibility index (Phi) is 7.58. The largest absolute Gasteiger partial charge is 2.00 e. The van der Waals surface area contributed by atoms with Crippen molar-refractivity contribution in [2.45, 2.75) is 13.8 Å². The van der Waals surface area contributed by atoms with Crippen LogP contribution in [0.15, 0.2) is 12.1 Å². The summed E-state index contributed by atoms with van der Waals surface area (Å²) in [4.78, 5) is 0. The molecule has 0 unspecified atom stereocenters. The first-order valence-electron chi connectivity index (χ1n) is 2.84. The van der Waals surface area contributed by atoms with E-state index in [-0.39, 0.29) is 45.9 Å². The van der Waals surface area contributed by atoms with E-state index < -0.39 is 0 Å². The molecule has 0 aliphatic heterocycles. The summed E-state index contributed by atoms with van der Waals surface area (Å²) in [5.74, 6) is -0.177. The molecule has 0 aliphatic carbocycles. The van der Waals surface area contributed by atoms with Crippen LogP contribution in [0.2, 0.25) is 0 Å². The van der Waals surface area contributed by atoms with Crippen molar-refractivity contribution in [2.24, 2.45) is 0 Å². The van der Waals surface area contributed by atoms with Crippen LogP contribution in [-0.4, -0.2) is 23.1 Å². The maximum atomic E-state index is 12.4. The van der Waals surface area contributed by atoms with Crippen molar-refractivity contribution in [3.63, 3.8) is 0 Å². The van der Waals surface area contributed by atoms with Crippen molar-refractivity contribution in [1.82, 2.24) is 0 Å². The molecule has 1 aromatic rings. The third kappa shape index (κ3) is 4.77. The Hall–Kier alpha value is 0.396. The van der Waals surface area contributed by atoms with Gasteiger partial charge in [0, 0.05) is 5.82 Å². The van der Waals surface area contributed by atoms with Gasteiger partial charge >= 0.3 is 23.1 Å². The van der Waals surface area contributed by atoms with E-state index in [1.54, 1.807) is 0 Å². The van der Waals surface area contributed by atoms with Gasteiger partial charge in [0.25, 0.3) is 0 Å². The maximum Gasteiger partial charge on any atom is 2.00 e. The molecular formula is C8H8BrFMg. The van der Waals surface area contributed by atoms with E-state index in [1.807, 2.05) is 13.8 Å². The van der Waals surface area contributed by atoms with Gasteiger partial charge in [0.1, 0.15) is 0 Å². The molecule has 0 fully saturated rings. The van der Waals surface area contributed by atoms with E-state index in [2.05, 4.69) is 6.07 Å². The van der Waals surface area contributed by atoms with Crippen molar-refractivity contribution in [2.75, 3.05) is 0 Å². The molecule has 0 atom stereocenters. The van der Waals surface area contributed by atoms with E-state index in [0.29, 0.717) is 0 Å². The van der Waals surface area contributed by atoms with E-state index >= 15 is 0 Å². The van der Waals surface area contributed by atoms with Crippen molar-refractivity contribution in [1.29, 1.82) is 0 Å². The van der Waals surface area contributed by atoms with E-state index in [4.69, 9.17) is 0 Å². The fourth-order valence-electron chi connectivity index (χ4n) is 0.839. The summed E-state index contributed by atoms with van der Waals surface area (Å²) in [6.07, 6.45) is 0. The first-order chi connectivity index (χ1) is 4.18. The molecule has 0 saturated heterocycles. The Morgan fingerprint density at radius 1 is 1.18 bits per heavy atom. The average molecular weight is 227 g/mol. The monoisotopic (exact) mass is 226 g/mol. The molecule has 0 saturated carbocycles. The predicted octanol–water partition coefficient (Wildman–Crippen LogP) is -1.13. The van der Waals surface area contributed by atoms with Crippen LogP contribution in [0.3, 0.4) is 0 Å². The van der Waals surface area contributed by atoms with E-state index in [0.717, 1.165) is 11.1 Å². The van der Waals surface area contributed by atoms with Gasteiger partial charge in [0.2, 0.25) is 0 Å². The van der Waals surface area contributed by atoms with Crippen LogP contribution < -0.4 is 17.0 Å². The molecule has 0 N–H and O–H groups in total. The molecule has 0 aliphatic rings. The molecule has 0 heterocycles. The van der Waals surface area contributed by atoms with Gasteiger partial charge in [-0.1, -0.05) is 13.8 Å². The molecule has 56 valence electrons. The average Bonchev–Trinajstić information content (AvgIpc) is 1.59. The minimum absolute atomic E-state index is 0. The summed E-state index contributed by atoms with van der Waals surface area (Å²) in [7, 11) is 0. The molecule has 0 bridgehead atoms. The fourth-order valence-corrected chi connectivity index (χ4v) is 0.839. The number of benzene rings is 1. The van der Waals surface area contributed by atoms with Crippen LogP contribution in [-0.2, 0) is 0 Å². The van der Waals surface area contributed by atoms with Gasteiger partial charge in [0.05, 0.1) is 0 Å². The Bertz CT molecular complexity index is 175. The second-order valence-corrected chi connectivity index (χ2v) is 2.16. The number of aryl methyl sites for hydroxylation is 2.